The molecule has 0 aliphatic rings. The molecule has 2 N–H and O–H groups in total. The van der Waals surface area contributed by atoms with Crippen molar-refractivity contribution in [1.82, 2.24) is 0 Å². The molecule has 0 aliphatic carbocycles. The summed E-state index contributed by atoms with van der Waals surface area (Å²) in [6.07, 6.45) is 1.12. The third-order valence-electron chi connectivity index (χ3n) is 2.72. The van der Waals surface area contributed by atoms with E-state index in [0.717, 1.165) is 17.8 Å². The topological polar surface area (TPSA) is 50.7 Å². The molecule has 0 heterocycles. The number of thioether (sulfide) groups is 1. The Morgan fingerprint density at radius 1 is 1.22 bits per heavy atom. The van der Waals surface area contributed by atoms with Crippen LogP contribution in [-0.2, 0) is 5.75 Å². The third kappa shape index (κ3) is 5.12. The maximum Gasteiger partial charge on any atom is 0.180 e. The van der Waals surface area contributed by atoms with Crippen LogP contribution < -0.4 is 5.73 Å². The second-order valence-electron chi connectivity index (χ2n) is 4.34. The largest absolute Gasteiger partial charge is 0.377 e. The van der Waals surface area contributed by atoms with Gasteiger partial charge in [-0.3, -0.25) is 0 Å². The molecule has 0 saturated heterocycles. The third-order valence-corrected chi connectivity index (χ3v) is 4.93. The zero-order valence-corrected chi connectivity index (χ0v) is 15.6. The molecular weight excluding hydrogens is 452 g/mol. The smallest absolute Gasteiger partial charge is 0.180 e. The second kappa shape index (κ2) is 8.56. The van der Waals surface area contributed by atoms with Gasteiger partial charge in [-0.1, -0.05) is 42.1 Å². The van der Waals surface area contributed by atoms with Crippen LogP contribution >= 0.6 is 43.6 Å². The van der Waals surface area contributed by atoms with E-state index in [-0.39, 0.29) is 19.7 Å². The summed E-state index contributed by atoms with van der Waals surface area (Å²) in [6, 6.07) is 10.8. The van der Waals surface area contributed by atoms with Crippen LogP contribution in [0.4, 0.5) is 8.78 Å². The SMILES string of the molecule is NC(=NN=Cc1c(F)cc(Br)c(F)c1Br)SCc1ccccc1. The molecule has 0 aromatic heterocycles. The Morgan fingerprint density at radius 3 is 2.61 bits per heavy atom. The zero-order valence-electron chi connectivity index (χ0n) is 11.6. The molecule has 0 amide bonds. The fraction of sp³-hybridized carbons (Fsp3) is 0.0667. The molecule has 2 rings (SSSR count). The van der Waals surface area contributed by atoms with Crippen molar-refractivity contribution in [1.29, 1.82) is 0 Å². The van der Waals surface area contributed by atoms with Gasteiger partial charge in [-0.05, 0) is 43.5 Å². The van der Waals surface area contributed by atoms with Crippen LogP contribution in [0.25, 0.3) is 0 Å². The van der Waals surface area contributed by atoms with E-state index in [9.17, 15) is 8.78 Å². The van der Waals surface area contributed by atoms with E-state index in [1.807, 2.05) is 30.3 Å². The van der Waals surface area contributed by atoms with Crippen molar-refractivity contribution in [3.8, 4) is 0 Å². The Bertz CT molecular complexity index is 752. The molecule has 0 saturated carbocycles. The van der Waals surface area contributed by atoms with Crippen molar-refractivity contribution in [2.45, 2.75) is 5.75 Å². The maximum absolute atomic E-state index is 13.8. The molecule has 0 fully saturated rings. The number of hydrogen-bond acceptors (Lipinski definition) is 3. The van der Waals surface area contributed by atoms with Crippen LogP contribution in [0, 0.1) is 11.6 Å². The van der Waals surface area contributed by atoms with Crippen LogP contribution in [0.15, 0.2) is 55.5 Å². The Balaban J connectivity index is 2.04. The van der Waals surface area contributed by atoms with E-state index in [1.165, 1.54) is 11.8 Å². The van der Waals surface area contributed by atoms with Gasteiger partial charge in [0.05, 0.1) is 15.2 Å². The van der Waals surface area contributed by atoms with Crippen molar-refractivity contribution in [3.05, 3.63) is 68.1 Å². The predicted molar refractivity (Wildman–Crippen MR) is 98.7 cm³/mol. The van der Waals surface area contributed by atoms with Crippen molar-refractivity contribution in [3.63, 3.8) is 0 Å². The maximum atomic E-state index is 13.8. The first-order valence-electron chi connectivity index (χ1n) is 6.35. The molecule has 0 aliphatic heterocycles. The highest BCUT2D eigenvalue weighted by Crippen LogP contribution is 2.28. The molecule has 8 heteroatoms. The molecular formula is C15H11Br2F2N3S. The summed E-state index contributed by atoms with van der Waals surface area (Å²) >= 11 is 7.22. The zero-order chi connectivity index (χ0) is 16.8. The first-order valence-corrected chi connectivity index (χ1v) is 8.92. The minimum absolute atomic E-state index is 0.0282. The van der Waals surface area contributed by atoms with Gasteiger partial charge in [-0.15, -0.1) is 5.10 Å². The molecule has 120 valence electrons. The van der Waals surface area contributed by atoms with E-state index in [1.54, 1.807) is 0 Å². The van der Waals surface area contributed by atoms with Crippen LogP contribution in [0.1, 0.15) is 11.1 Å². The molecule has 3 nitrogen and oxygen atoms in total. The lowest BCUT2D eigenvalue weighted by atomic mass is 10.2. The monoisotopic (exact) mass is 461 g/mol. The number of nitrogens with zero attached hydrogens (tertiary/aromatic N) is 2. The lowest BCUT2D eigenvalue weighted by Gasteiger charge is -2.03. The number of nitrogens with two attached hydrogens (primary N) is 1. The van der Waals surface area contributed by atoms with Crippen molar-refractivity contribution < 1.29 is 8.78 Å². The summed E-state index contributed by atoms with van der Waals surface area (Å²) in [4.78, 5) is 0. The van der Waals surface area contributed by atoms with Gasteiger partial charge >= 0.3 is 0 Å². The van der Waals surface area contributed by atoms with Crippen LogP contribution in [-0.4, -0.2) is 11.4 Å². The minimum atomic E-state index is -0.625. The lowest BCUT2D eigenvalue weighted by Crippen LogP contribution is -2.06. The van der Waals surface area contributed by atoms with Crippen LogP contribution in [0.3, 0.4) is 0 Å². The van der Waals surface area contributed by atoms with Crippen molar-refractivity contribution >= 4 is 55.0 Å². The van der Waals surface area contributed by atoms with Crippen molar-refractivity contribution in [2.75, 3.05) is 0 Å². The summed E-state index contributed by atoms with van der Waals surface area (Å²) in [6.45, 7) is 0. The van der Waals surface area contributed by atoms with Gasteiger partial charge in [0.25, 0.3) is 0 Å². The number of halogens is 4. The normalized spacial score (nSPS) is 12.1. The minimum Gasteiger partial charge on any atom is -0.377 e. The van der Waals surface area contributed by atoms with Crippen molar-refractivity contribution in [2.24, 2.45) is 15.9 Å². The standard InChI is InChI=1S/C15H11Br2F2N3S/c16-11-6-12(18)10(13(17)14(11)19)7-21-22-15(20)23-8-9-4-2-1-3-5-9/h1-7H,8H2,(H2,20,22). The van der Waals surface area contributed by atoms with Gasteiger partial charge in [0.15, 0.2) is 11.0 Å². The van der Waals surface area contributed by atoms with Crippen LogP contribution in [0.2, 0.25) is 0 Å². The molecule has 0 radical (unpaired) electrons. The molecule has 2 aromatic carbocycles. The summed E-state index contributed by atoms with van der Waals surface area (Å²) in [7, 11) is 0. The van der Waals surface area contributed by atoms with E-state index in [0.29, 0.717) is 5.75 Å². The summed E-state index contributed by atoms with van der Waals surface area (Å²) in [5.74, 6) is -0.584. The summed E-state index contributed by atoms with van der Waals surface area (Å²) < 4.78 is 27.5. The average molecular weight is 463 g/mol. The van der Waals surface area contributed by atoms with E-state index in [4.69, 9.17) is 5.73 Å². The fourth-order valence-electron chi connectivity index (χ4n) is 1.60. The molecule has 2 aromatic rings. The van der Waals surface area contributed by atoms with Crippen LogP contribution in [0.5, 0.6) is 0 Å². The molecule has 0 atom stereocenters. The predicted octanol–water partition coefficient (Wildman–Crippen LogP) is 5.07. The molecule has 23 heavy (non-hydrogen) atoms. The van der Waals surface area contributed by atoms with Gasteiger partial charge in [-0.25, -0.2) is 8.78 Å². The van der Waals surface area contributed by atoms with Gasteiger partial charge in [0.2, 0.25) is 0 Å². The molecule has 0 spiro atoms. The van der Waals surface area contributed by atoms with Gasteiger partial charge in [0, 0.05) is 11.3 Å². The van der Waals surface area contributed by atoms with Gasteiger partial charge in [-0.2, -0.15) is 5.10 Å². The first kappa shape index (κ1) is 18.1. The number of amidine groups is 1. The highest BCUT2D eigenvalue weighted by Gasteiger charge is 2.13. The number of hydrogen-bond donors (Lipinski definition) is 1. The second-order valence-corrected chi connectivity index (χ2v) is 6.98. The number of benzene rings is 2. The number of rotatable bonds is 4. The first-order chi connectivity index (χ1) is 11.0. The Labute approximate surface area is 153 Å². The average Bonchev–Trinajstić information content (AvgIpc) is 2.55. The summed E-state index contributed by atoms with van der Waals surface area (Å²) in [5, 5.41) is 7.72. The highest BCUT2D eigenvalue weighted by molar-refractivity contribution is 9.11. The summed E-state index contributed by atoms with van der Waals surface area (Å²) in [5.41, 5.74) is 6.80. The lowest BCUT2D eigenvalue weighted by molar-refractivity contribution is 0.587. The molecule has 0 bridgehead atoms. The van der Waals surface area contributed by atoms with Gasteiger partial charge in [0.1, 0.15) is 5.82 Å². The fourth-order valence-corrected chi connectivity index (χ4v) is 3.39. The quantitative estimate of drug-likeness (QED) is 0.226. The van der Waals surface area contributed by atoms with E-state index in [2.05, 4.69) is 42.1 Å². The Morgan fingerprint density at radius 2 is 1.91 bits per heavy atom. The van der Waals surface area contributed by atoms with E-state index >= 15 is 0 Å². The Hall–Kier alpha value is -1.25. The molecule has 0 unspecified atom stereocenters. The van der Waals surface area contributed by atoms with E-state index < -0.39 is 11.6 Å². The highest BCUT2D eigenvalue weighted by atomic mass is 79.9. The van der Waals surface area contributed by atoms with Gasteiger partial charge < -0.3 is 5.73 Å². The Kier molecular flexibility index (Phi) is 6.73.